The fourth-order valence-corrected chi connectivity index (χ4v) is 1.97. The summed E-state index contributed by atoms with van der Waals surface area (Å²) in [7, 11) is 0. The molecule has 0 N–H and O–H groups in total. The molecule has 1 saturated heterocycles. The molecular formula is C12H21N. The van der Waals surface area contributed by atoms with Gasteiger partial charge in [-0.05, 0) is 39.0 Å². The number of allylic oxidation sites excluding steroid dienone is 2. The summed E-state index contributed by atoms with van der Waals surface area (Å²) < 4.78 is 0. The predicted molar refractivity (Wildman–Crippen MR) is 58.5 cm³/mol. The molecule has 0 aromatic carbocycles. The van der Waals surface area contributed by atoms with Gasteiger partial charge in [-0.3, -0.25) is 0 Å². The first kappa shape index (κ1) is 10.4. The van der Waals surface area contributed by atoms with Crippen LogP contribution >= 0.6 is 0 Å². The molecule has 0 aliphatic carbocycles. The number of rotatable bonds is 2. The summed E-state index contributed by atoms with van der Waals surface area (Å²) in [6, 6.07) is 0. The van der Waals surface area contributed by atoms with Gasteiger partial charge in [0.05, 0.1) is 0 Å². The molecule has 0 bridgehead atoms. The lowest BCUT2D eigenvalue weighted by atomic mass is 9.94. The molecule has 0 aromatic rings. The van der Waals surface area contributed by atoms with E-state index in [0.29, 0.717) is 0 Å². The van der Waals surface area contributed by atoms with Crippen LogP contribution in [0.5, 0.6) is 0 Å². The monoisotopic (exact) mass is 179 g/mol. The summed E-state index contributed by atoms with van der Waals surface area (Å²) in [5, 5.41) is 0. The van der Waals surface area contributed by atoms with Crippen LogP contribution in [-0.2, 0) is 0 Å². The van der Waals surface area contributed by atoms with E-state index in [0.717, 1.165) is 12.5 Å². The highest BCUT2D eigenvalue weighted by Gasteiger charge is 2.16. The van der Waals surface area contributed by atoms with Crippen molar-refractivity contribution in [2.45, 2.75) is 33.1 Å². The zero-order valence-electron chi connectivity index (χ0n) is 8.97. The summed E-state index contributed by atoms with van der Waals surface area (Å²) in [5.41, 5.74) is 2.56. The van der Waals surface area contributed by atoms with Gasteiger partial charge in [0.1, 0.15) is 0 Å². The van der Waals surface area contributed by atoms with Gasteiger partial charge in [0, 0.05) is 18.8 Å². The second kappa shape index (κ2) is 4.50. The third-order valence-corrected chi connectivity index (χ3v) is 2.96. The van der Waals surface area contributed by atoms with Crippen molar-refractivity contribution in [3.05, 3.63) is 24.4 Å². The minimum absolute atomic E-state index is 0.740. The molecule has 0 saturated carbocycles. The van der Waals surface area contributed by atoms with Gasteiger partial charge >= 0.3 is 0 Å². The van der Waals surface area contributed by atoms with E-state index >= 15 is 0 Å². The minimum Gasteiger partial charge on any atom is -0.376 e. The maximum Gasteiger partial charge on any atom is 0.0180 e. The van der Waals surface area contributed by atoms with E-state index in [1.54, 1.807) is 0 Å². The van der Waals surface area contributed by atoms with Crippen LogP contribution < -0.4 is 0 Å². The molecule has 1 rings (SSSR count). The Bertz CT molecular complexity index is 183. The number of likely N-dealkylation sites (tertiary alicyclic amines) is 1. The van der Waals surface area contributed by atoms with Gasteiger partial charge in [-0.15, -0.1) is 0 Å². The van der Waals surface area contributed by atoms with Gasteiger partial charge in [0.15, 0.2) is 0 Å². The molecule has 0 radical (unpaired) electrons. The summed E-state index contributed by atoms with van der Waals surface area (Å²) in [6.45, 7) is 14.6. The van der Waals surface area contributed by atoms with Crippen LogP contribution in [0, 0.1) is 5.92 Å². The van der Waals surface area contributed by atoms with Crippen molar-refractivity contribution in [1.29, 1.82) is 0 Å². The molecule has 0 aromatic heterocycles. The molecule has 1 unspecified atom stereocenters. The average Bonchev–Trinajstić information content (AvgIpc) is 2.27. The third kappa shape index (κ3) is 2.91. The Morgan fingerprint density at radius 1 is 1.15 bits per heavy atom. The molecule has 1 aliphatic heterocycles. The van der Waals surface area contributed by atoms with E-state index in [-0.39, 0.29) is 0 Å². The highest BCUT2D eigenvalue weighted by atomic mass is 15.1. The predicted octanol–water partition coefficient (Wildman–Crippen LogP) is 3.20. The molecular weight excluding hydrogens is 158 g/mol. The van der Waals surface area contributed by atoms with Crippen LogP contribution in [0.3, 0.4) is 0 Å². The lowest BCUT2D eigenvalue weighted by Crippen LogP contribution is -2.22. The molecule has 1 atom stereocenters. The lowest BCUT2D eigenvalue weighted by Gasteiger charge is -2.22. The van der Waals surface area contributed by atoms with Crippen molar-refractivity contribution < 1.29 is 0 Å². The van der Waals surface area contributed by atoms with Crippen molar-refractivity contribution in [3.8, 4) is 0 Å². The summed E-state index contributed by atoms with van der Waals surface area (Å²) >= 11 is 0. The van der Waals surface area contributed by atoms with E-state index in [4.69, 9.17) is 0 Å². The van der Waals surface area contributed by atoms with Crippen LogP contribution in [0.25, 0.3) is 0 Å². The average molecular weight is 179 g/mol. The quantitative estimate of drug-likeness (QED) is 0.588. The molecule has 1 heteroatoms. The molecule has 1 aliphatic rings. The molecule has 0 spiro atoms. The van der Waals surface area contributed by atoms with Gasteiger partial charge in [0.25, 0.3) is 0 Å². The highest BCUT2D eigenvalue weighted by Crippen LogP contribution is 2.24. The largest absolute Gasteiger partial charge is 0.376 e. The number of hydrogen-bond donors (Lipinski definition) is 0. The van der Waals surface area contributed by atoms with Gasteiger partial charge in [-0.25, -0.2) is 0 Å². The van der Waals surface area contributed by atoms with Gasteiger partial charge in [-0.2, -0.15) is 0 Å². The Kier molecular flexibility index (Phi) is 3.58. The first-order valence-electron chi connectivity index (χ1n) is 5.17. The number of nitrogens with zero attached hydrogens (tertiary/aromatic N) is 1. The maximum absolute atomic E-state index is 4.05. The standard InChI is InChI=1S/C12H21N/c1-10(2)12-6-5-8-13(9-7-12)11(3)4/h12H,1,3,5-9H2,2,4H3. The van der Waals surface area contributed by atoms with E-state index < -0.39 is 0 Å². The molecule has 1 nitrogen and oxygen atoms in total. The van der Waals surface area contributed by atoms with Crippen molar-refractivity contribution in [2.75, 3.05) is 13.1 Å². The third-order valence-electron chi connectivity index (χ3n) is 2.96. The van der Waals surface area contributed by atoms with Gasteiger partial charge < -0.3 is 4.90 Å². The Hall–Kier alpha value is -0.720. The van der Waals surface area contributed by atoms with Gasteiger partial charge in [-0.1, -0.05) is 18.7 Å². The Morgan fingerprint density at radius 2 is 1.85 bits per heavy atom. The van der Waals surface area contributed by atoms with E-state index in [9.17, 15) is 0 Å². The van der Waals surface area contributed by atoms with E-state index in [1.807, 2.05) is 0 Å². The second-order valence-electron chi connectivity index (χ2n) is 4.20. The second-order valence-corrected chi connectivity index (χ2v) is 4.20. The first-order valence-corrected chi connectivity index (χ1v) is 5.17. The van der Waals surface area contributed by atoms with Gasteiger partial charge in [0.2, 0.25) is 0 Å². The summed E-state index contributed by atoms with van der Waals surface area (Å²) in [5.74, 6) is 0.740. The van der Waals surface area contributed by atoms with Crippen LogP contribution in [0.15, 0.2) is 24.4 Å². The Balaban J connectivity index is 2.48. The van der Waals surface area contributed by atoms with Crippen LogP contribution in [-0.4, -0.2) is 18.0 Å². The van der Waals surface area contributed by atoms with Crippen molar-refractivity contribution in [3.63, 3.8) is 0 Å². The molecule has 1 fully saturated rings. The first-order chi connectivity index (χ1) is 6.11. The smallest absolute Gasteiger partial charge is 0.0180 e. The Morgan fingerprint density at radius 3 is 2.38 bits per heavy atom. The molecule has 0 amide bonds. The van der Waals surface area contributed by atoms with Crippen molar-refractivity contribution in [2.24, 2.45) is 5.92 Å². The summed E-state index contributed by atoms with van der Waals surface area (Å²) in [6.07, 6.45) is 3.84. The fourth-order valence-electron chi connectivity index (χ4n) is 1.97. The Labute approximate surface area is 82.1 Å². The van der Waals surface area contributed by atoms with E-state index in [2.05, 4.69) is 31.9 Å². The van der Waals surface area contributed by atoms with Crippen LogP contribution in [0.2, 0.25) is 0 Å². The normalized spacial score (nSPS) is 23.8. The zero-order valence-corrected chi connectivity index (χ0v) is 8.97. The fraction of sp³-hybridized carbons (Fsp3) is 0.667. The molecule has 1 heterocycles. The van der Waals surface area contributed by atoms with Crippen LogP contribution in [0.4, 0.5) is 0 Å². The maximum atomic E-state index is 4.05. The molecule has 13 heavy (non-hydrogen) atoms. The number of hydrogen-bond acceptors (Lipinski definition) is 1. The van der Waals surface area contributed by atoms with Crippen LogP contribution in [0.1, 0.15) is 33.1 Å². The lowest BCUT2D eigenvalue weighted by molar-refractivity contribution is 0.357. The summed E-state index contributed by atoms with van der Waals surface area (Å²) in [4.78, 5) is 2.39. The molecule has 74 valence electrons. The zero-order chi connectivity index (χ0) is 9.84. The van der Waals surface area contributed by atoms with Crippen molar-refractivity contribution in [1.82, 2.24) is 4.90 Å². The topological polar surface area (TPSA) is 3.24 Å². The minimum atomic E-state index is 0.740. The SMILES string of the molecule is C=C(C)C1CCCN(C(=C)C)CC1. The van der Waals surface area contributed by atoms with E-state index in [1.165, 1.54) is 37.1 Å². The highest BCUT2D eigenvalue weighted by molar-refractivity contribution is 4.99. The van der Waals surface area contributed by atoms with Crippen molar-refractivity contribution >= 4 is 0 Å².